The Bertz CT molecular complexity index is 1330. The van der Waals surface area contributed by atoms with Crippen LogP contribution in [0.1, 0.15) is 28.1 Å². The van der Waals surface area contributed by atoms with Crippen molar-refractivity contribution in [3.05, 3.63) is 47.2 Å². The maximum absolute atomic E-state index is 12.9. The van der Waals surface area contributed by atoms with Gasteiger partial charge in [-0.15, -0.1) is 0 Å². The number of aryl methyl sites for hydroxylation is 1. The van der Waals surface area contributed by atoms with E-state index >= 15 is 0 Å². The van der Waals surface area contributed by atoms with Gasteiger partial charge in [0.05, 0.1) is 23.6 Å². The highest BCUT2D eigenvalue weighted by molar-refractivity contribution is 7.17. The Labute approximate surface area is 210 Å². The zero-order chi connectivity index (χ0) is 25.2. The van der Waals surface area contributed by atoms with E-state index in [1.807, 2.05) is 25.1 Å². The molecular formula is C23H27N9O3S. The number of aromatic nitrogens is 3. The van der Waals surface area contributed by atoms with Crippen molar-refractivity contribution in [1.82, 2.24) is 30.5 Å². The van der Waals surface area contributed by atoms with Crippen LogP contribution in [0.25, 0.3) is 10.9 Å². The van der Waals surface area contributed by atoms with Crippen LogP contribution in [0, 0.1) is 12.8 Å². The maximum atomic E-state index is 12.9. The number of likely N-dealkylation sites (tertiary alicyclic amines) is 1. The normalized spacial score (nSPS) is 18.1. The Morgan fingerprint density at radius 3 is 2.81 bits per heavy atom. The summed E-state index contributed by atoms with van der Waals surface area (Å²) in [5.41, 5.74) is 11.1. The molecule has 3 aromatic rings. The van der Waals surface area contributed by atoms with Gasteiger partial charge in [-0.05, 0) is 37.5 Å². The molecule has 0 saturated carbocycles. The van der Waals surface area contributed by atoms with E-state index in [-0.39, 0.29) is 36.3 Å². The lowest BCUT2D eigenvalue weighted by Gasteiger charge is -2.32. The summed E-state index contributed by atoms with van der Waals surface area (Å²) in [5.74, 6) is -0.721. The van der Waals surface area contributed by atoms with Gasteiger partial charge in [-0.1, -0.05) is 17.4 Å². The van der Waals surface area contributed by atoms with Gasteiger partial charge < -0.3 is 26.3 Å². The monoisotopic (exact) mass is 509 g/mol. The van der Waals surface area contributed by atoms with E-state index in [4.69, 9.17) is 5.73 Å². The number of nitrogens with two attached hydrogens (primary N) is 1. The molecule has 0 spiro atoms. The van der Waals surface area contributed by atoms with Gasteiger partial charge in [-0.2, -0.15) is 5.10 Å². The molecule has 13 heteroatoms. The first-order valence-corrected chi connectivity index (χ1v) is 12.4. The second-order valence-corrected chi connectivity index (χ2v) is 9.88. The van der Waals surface area contributed by atoms with Crippen LogP contribution in [0.15, 0.2) is 36.8 Å². The Balaban J connectivity index is 1.12. The van der Waals surface area contributed by atoms with Crippen molar-refractivity contribution in [2.24, 2.45) is 11.7 Å². The fourth-order valence-corrected chi connectivity index (χ4v) is 5.09. The molecule has 1 aromatic carbocycles. The summed E-state index contributed by atoms with van der Waals surface area (Å²) >= 11 is 1.24. The Hall–Kier alpha value is -3.97. The summed E-state index contributed by atoms with van der Waals surface area (Å²) < 4.78 is 0. The van der Waals surface area contributed by atoms with Gasteiger partial charge in [-0.3, -0.25) is 19.5 Å². The molecule has 12 nitrogen and oxygen atoms in total. The minimum absolute atomic E-state index is 0.0214. The molecule has 4 heterocycles. The highest BCUT2D eigenvalue weighted by Gasteiger charge is 2.27. The number of benzene rings is 1. The van der Waals surface area contributed by atoms with E-state index < -0.39 is 0 Å². The summed E-state index contributed by atoms with van der Waals surface area (Å²) in [4.78, 5) is 43.3. The summed E-state index contributed by atoms with van der Waals surface area (Å²) in [7, 11) is 0. The molecule has 6 N–H and O–H groups in total. The van der Waals surface area contributed by atoms with Crippen molar-refractivity contribution >= 4 is 50.8 Å². The molecule has 2 aliphatic rings. The third-order valence-corrected chi connectivity index (χ3v) is 7.33. The van der Waals surface area contributed by atoms with Crippen LogP contribution in [0.4, 0.5) is 10.8 Å². The third-order valence-electron chi connectivity index (χ3n) is 6.40. The van der Waals surface area contributed by atoms with Gasteiger partial charge >= 0.3 is 0 Å². The summed E-state index contributed by atoms with van der Waals surface area (Å²) in [6.07, 6.45) is 7.81. The highest BCUT2D eigenvalue weighted by Crippen LogP contribution is 2.27. The average Bonchev–Trinajstić information content (AvgIpc) is 3.62. The minimum Gasteiger partial charge on any atom is -0.369 e. The topological polar surface area (TPSA) is 161 Å². The molecule has 3 amide bonds. The minimum atomic E-state index is -0.298. The fraction of sp³-hybridized carbons (Fsp3) is 0.348. The number of fused-ring (bicyclic) bond motifs is 1. The van der Waals surface area contributed by atoms with Crippen LogP contribution >= 0.6 is 11.3 Å². The van der Waals surface area contributed by atoms with Gasteiger partial charge in [0.25, 0.3) is 5.91 Å². The van der Waals surface area contributed by atoms with Crippen LogP contribution < -0.4 is 21.8 Å². The van der Waals surface area contributed by atoms with Crippen molar-refractivity contribution in [1.29, 1.82) is 0 Å². The van der Waals surface area contributed by atoms with Crippen molar-refractivity contribution in [3.63, 3.8) is 0 Å². The van der Waals surface area contributed by atoms with Crippen LogP contribution in [-0.4, -0.2) is 68.6 Å². The number of carbonyl (C=O) groups excluding carboxylic acids is 3. The van der Waals surface area contributed by atoms with Gasteiger partial charge in [0.2, 0.25) is 11.8 Å². The fourth-order valence-electron chi connectivity index (χ4n) is 4.34. The number of hydrogen-bond donors (Lipinski definition) is 5. The van der Waals surface area contributed by atoms with Gasteiger partial charge in [-0.25, -0.2) is 10.4 Å². The largest absolute Gasteiger partial charge is 0.369 e. The summed E-state index contributed by atoms with van der Waals surface area (Å²) in [6.45, 7) is 3.16. The summed E-state index contributed by atoms with van der Waals surface area (Å²) in [6, 6.07) is 3.85. The van der Waals surface area contributed by atoms with E-state index in [1.165, 1.54) is 17.5 Å². The molecular weight excluding hydrogens is 482 g/mol. The maximum Gasteiger partial charge on any atom is 0.267 e. The molecule has 0 bridgehead atoms. The first-order chi connectivity index (χ1) is 17.4. The zero-order valence-electron chi connectivity index (χ0n) is 19.7. The van der Waals surface area contributed by atoms with E-state index in [2.05, 4.69) is 31.2 Å². The Morgan fingerprint density at radius 1 is 1.22 bits per heavy atom. The van der Waals surface area contributed by atoms with E-state index in [0.717, 1.165) is 16.5 Å². The number of primary amides is 1. The number of hydrogen-bond acceptors (Lipinski definition) is 9. The zero-order valence-corrected chi connectivity index (χ0v) is 20.5. The molecule has 188 valence electrons. The number of carbonyl (C=O) groups is 3. The van der Waals surface area contributed by atoms with Crippen molar-refractivity contribution < 1.29 is 14.4 Å². The van der Waals surface area contributed by atoms with Crippen LogP contribution in [0.2, 0.25) is 0 Å². The van der Waals surface area contributed by atoms with Crippen LogP contribution in [0.5, 0.6) is 0 Å². The number of amides is 3. The van der Waals surface area contributed by atoms with Crippen LogP contribution in [-0.2, 0) is 9.59 Å². The molecule has 1 saturated heterocycles. The number of anilines is 2. The van der Waals surface area contributed by atoms with Crippen molar-refractivity contribution in [3.8, 4) is 0 Å². The quantitative estimate of drug-likeness (QED) is 0.319. The number of nitrogens with one attached hydrogen (secondary N) is 4. The standard InChI is InChI=1S/C23H27N9O3S/c1-13-2-3-16-15(10-26-29-16)20(13)28-22(35)17-11-25-23(36-17)27-18-6-9-32(30-18)12-19(33)31-7-4-14(5-8-31)21(24)34/h2-3,6,9-11,14,18,30H,4-5,7-8,12H2,1H3,(H2,24,34)(H,25,27)(H,26,29)(H,28,35). The second kappa shape index (κ2) is 9.95. The predicted octanol–water partition coefficient (Wildman–Crippen LogP) is 1.38. The molecule has 36 heavy (non-hydrogen) atoms. The number of aromatic amines is 1. The lowest BCUT2D eigenvalue weighted by atomic mass is 9.96. The molecule has 5 rings (SSSR count). The first kappa shape index (κ1) is 23.8. The molecule has 0 aliphatic carbocycles. The molecule has 1 fully saturated rings. The van der Waals surface area contributed by atoms with E-state index in [9.17, 15) is 14.4 Å². The molecule has 1 unspecified atom stereocenters. The number of hydrazine groups is 1. The second-order valence-electron chi connectivity index (χ2n) is 8.85. The van der Waals surface area contributed by atoms with Gasteiger partial charge in [0, 0.05) is 30.6 Å². The summed E-state index contributed by atoms with van der Waals surface area (Å²) in [5, 5.41) is 16.3. The van der Waals surface area contributed by atoms with Crippen LogP contribution in [0.3, 0.4) is 0 Å². The molecule has 2 aliphatic heterocycles. The number of piperidine rings is 1. The third kappa shape index (κ3) is 5.02. The molecule has 0 radical (unpaired) electrons. The van der Waals surface area contributed by atoms with Gasteiger partial charge in [0.15, 0.2) is 5.13 Å². The number of rotatable bonds is 7. The Kier molecular flexibility index (Phi) is 6.57. The van der Waals surface area contributed by atoms with Crippen molar-refractivity contribution in [2.75, 3.05) is 30.3 Å². The Morgan fingerprint density at radius 2 is 2.03 bits per heavy atom. The van der Waals surface area contributed by atoms with Crippen molar-refractivity contribution in [2.45, 2.75) is 25.9 Å². The molecule has 1 atom stereocenters. The lowest BCUT2D eigenvalue weighted by molar-refractivity contribution is -0.135. The SMILES string of the molecule is Cc1ccc2[nH]ncc2c1NC(=O)c1cnc(NC2C=CN(CC(=O)N3CCC(C(N)=O)CC3)N2)s1. The average molecular weight is 510 g/mol. The smallest absolute Gasteiger partial charge is 0.267 e. The van der Waals surface area contributed by atoms with E-state index in [0.29, 0.717) is 41.6 Å². The number of H-pyrrole nitrogens is 1. The highest BCUT2D eigenvalue weighted by atomic mass is 32.1. The predicted molar refractivity (Wildman–Crippen MR) is 136 cm³/mol. The number of thiazole rings is 1. The lowest BCUT2D eigenvalue weighted by Crippen LogP contribution is -2.48. The van der Waals surface area contributed by atoms with Gasteiger partial charge in [0.1, 0.15) is 17.6 Å². The first-order valence-electron chi connectivity index (χ1n) is 11.6. The van der Waals surface area contributed by atoms with E-state index in [1.54, 1.807) is 22.3 Å². The molecule has 2 aromatic heterocycles. The number of nitrogens with zero attached hydrogens (tertiary/aromatic N) is 4.